The van der Waals surface area contributed by atoms with E-state index in [1.54, 1.807) is 0 Å². The molecule has 1 aromatic heterocycles. The average molecular weight is 316 g/mol. The summed E-state index contributed by atoms with van der Waals surface area (Å²) in [7, 11) is 0. The largest absolute Gasteiger partial charge is 0.325 e. The first kappa shape index (κ1) is 15.1. The molecule has 116 valence electrons. The number of nitrogens with one attached hydrogen (secondary N) is 2. The molecule has 3 rings (SSSR count). The Labute approximate surface area is 134 Å². The summed E-state index contributed by atoms with van der Waals surface area (Å²) in [6.07, 6.45) is 3.36. The van der Waals surface area contributed by atoms with Gasteiger partial charge in [-0.2, -0.15) is 0 Å². The molecule has 1 aromatic carbocycles. The maximum absolute atomic E-state index is 12.2. The molecule has 5 nitrogen and oxygen atoms in total. The Morgan fingerprint density at radius 1 is 1.41 bits per heavy atom. The third kappa shape index (κ3) is 3.68. The van der Waals surface area contributed by atoms with Crippen molar-refractivity contribution < 1.29 is 4.79 Å². The summed E-state index contributed by atoms with van der Waals surface area (Å²) in [5, 5.41) is 10.5. The molecule has 1 saturated carbocycles. The monoisotopic (exact) mass is 316 g/mol. The minimum absolute atomic E-state index is 0.0352. The van der Waals surface area contributed by atoms with Gasteiger partial charge in [-0.1, -0.05) is 30.8 Å². The molecule has 1 amide bonds. The molecule has 0 aliphatic heterocycles. The molecule has 0 spiro atoms. The number of aromatic amines is 1. The number of anilines is 1. The zero-order valence-electron chi connectivity index (χ0n) is 12.8. The van der Waals surface area contributed by atoms with Crippen molar-refractivity contribution in [1.29, 1.82) is 0 Å². The first-order chi connectivity index (χ1) is 10.7. The molecule has 1 atom stereocenters. The normalized spacial score (nSPS) is 15.5. The van der Waals surface area contributed by atoms with Crippen molar-refractivity contribution in [2.75, 3.05) is 5.32 Å². The smallest absolute Gasteiger partial charge is 0.237 e. The van der Waals surface area contributed by atoms with Crippen molar-refractivity contribution in [2.45, 2.75) is 49.4 Å². The van der Waals surface area contributed by atoms with Gasteiger partial charge in [-0.25, -0.2) is 4.98 Å². The quantitative estimate of drug-likeness (QED) is 0.802. The summed E-state index contributed by atoms with van der Waals surface area (Å²) in [4.78, 5) is 16.7. The molecule has 0 bridgehead atoms. The lowest BCUT2D eigenvalue weighted by molar-refractivity contribution is -0.115. The minimum atomic E-state index is -0.242. The molecule has 1 fully saturated rings. The number of H-pyrrole nitrogens is 1. The topological polar surface area (TPSA) is 70.7 Å². The molecule has 1 aliphatic rings. The molecule has 0 radical (unpaired) electrons. The highest BCUT2D eigenvalue weighted by Gasteiger charge is 2.27. The van der Waals surface area contributed by atoms with Gasteiger partial charge in [0.2, 0.25) is 11.1 Å². The van der Waals surface area contributed by atoms with Crippen LogP contribution in [0.4, 0.5) is 5.69 Å². The third-order valence-electron chi connectivity index (χ3n) is 3.73. The van der Waals surface area contributed by atoms with Gasteiger partial charge in [-0.15, -0.1) is 5.10 Å². The molecule has 1 aliphatic carbocycles. The number of hydrogen-bond acceptors (Lipinski definition) is 4. The van der Waals surface area contributed by atoms with Crippen molar-refractivity contribution in [2.24, 2.45) is 0 Å². The zero-order valence-corrected chi connectivity index (χ0v) is 13.6. The molecule has 0 saturated heterocycles. The number of amides is 1. The fourth-order valence-corrected chi connectivity index (χ4v) is 2.86. The molecule has 22 heavy (non-hydrogen) atoms. The second-order valence-corrected chi connectivity index (χ2v) is 6.89. The van der Waals surface area contributed by atoms with Crippen LogP contribution in [0.3, 0.4) is 0 Å². The Morgan fingerprint density at radius 2 is 2.14 bits per heavy atom. The number of rotatable bonds is 6. The summed E-state index contributed by atoms with van der Waals surface area (Å²) in [6.45, 7) is 3.98. The van der Waals surface area contributed by atoms with Crippen LogP contribution in [0.1, 0.15) is 44.0 Å². The molecule has 2 N–H and O–H groups in total. The lowest BCUT2D eigenvalue weighted by Gasteiger charge is -2.10. The first-order valence-electron chi connectivity index (χ1n) is 7.64. The Balaban J connectivity index is 1.55. The molecular formula is C16H20N4OS. The standard InChI is InChI=1S/C16H20N4OS/c1-3-11-4-8-13(9-5-11)17-15(21)10(2)22-16-18-14(19-20-16)12-6-7-12/h4-5,8-10,12H,3,6-7H2,1-2H3,(H,17,21)(H,18,19,20). The van der Waals surface area contributed by atoms with Crippen LogP contribution in [-0.4, -0.2) is 26.3 Å². The Kier molecular flexibility index (Phi) is 4.47. The van der Waals surface area contributed by atoms with E-state index < -0.39 is 0 Å². The number of nitrogens with zero attached hydrogens (tertiary/aromatic N) is 2. The second-order valence-electron chi connectivity index (χ2n) is 5.58. The van der Waals surface area contributed by atoms with E-state index in [1.807, 2.05) is 31.2 Å². The van der Waals surface area contributed by atoms with E-state index in [2.05, 4.69) is 27.4 Å². The van der Waals surface area contributed by atoms with Crippen LogP contribution in [0.5, 0.6) is 0 Å². The summed E-state index contributed by atoms with van der Waals surface area (Å²) in [5.41, 5.74) is 2.08. The number of carbonyl (C=O) groups excluding carboxylic acids is 1. The fraction of sp³-hybridized carbons (Fsp3) is 0.438. The van der Waals surface area contributed by atoms with E-state index >= 15 is 0 Å². The number of aryl methyl sites for hydroxylation is 1. The maximum atomic E-state index is 12.2. The van der Waals surface area contributed by atoms with Gasteiger partial charge in [-0.05, 0) is 43.9 Å². The Hall–Kier alpha value is -1.82. The minimum Gasteiger partial charge on any atom is -0.325 e. The number of benzene rings is 1. The molecule has 2 aromatic rings. The van der Waals surface area contributed by atoms with Crippen LogP contribution in [0.25, 0.3) is 0 Å². The molecule has 1 heterocycles. The highest BCUT2D eigenvalue weighted by atomic mass is 32.2. The summed E-state index contributed by atoms with van der Waals surface area (Å²) in [5.74, 6) is 1.46. The van der Waals surface area contributed by atoms with Gasteiger partial charge in [-0.3, -0.25) is 9.89 Å². The fourth-order valence-electron chi connectivity index (χ4n) is 2.13. The van der Waals surface area contributed by atoms with E-state index in [4.69, 9.17) is 0 Å². The lowest BCUT2D eigenvalue weighted by Crippen LogP contribution is -2.22. The van der Waals surface area contributed by atoms with Crippen molar-refractivity contribution in [3.8, 4) is 0 Å². The number of carbonyl (C=O) groups is 1. The van der Waals surface area contributed by atoms with E-state index in [0.717, 1.165) is 17.9 Å². The van der Waals surface area contributed by atoms with E-state index in [9.17, 15) is 4.79 Å². The Morgan fingerprint density at radius 3 is 2.77 bits per heavy atom. The van der Waals surface area contributed by atoms with Crippen molar-refractivity contribution in [1.82, 2.24) is 15.2 Å². The van der Waals surface area contributed by atoms with Gasteiger partial charge in [0.1, 0.15) is 5.82 Å². The van der Waals surface area contributed by atoms with E-state index in [1.165, 1.54) is 30.2 Å². The summed E-state index contributed by atoms with van der Waals surface area (Å²) in [6, 6.07) is 7.94. The third-order valence-corrected chi connectivity index (χ3v) is 4.69. The molecular weight excluding hydrogens is 296 g/mol. The maximum Gasteiger partial charge on any atom is 0.237 e. The zero-order chi connectivity index (χ0) is 15.5. The molecule has 1 unspecified atom stereocenters. The lowest BCUT2D eigenvalue weighted by atomic mass is 10.1. The SMILES string of the molecule is CCc1ccc(NC(=O)C(C)Sc2n[nH]c(C3CC3)n2)cc1. The summed E-state index contributed by atoms with van der Waals surface area (Å²) < 4.78 is 0. The first-order valence-corrected chi connectivity index (χ1v) is 8.52. The van der Waals surface area contributed by atoms with Crippen LogP contribution >= 0.6 is 11.8 Å². The summed E-state index contributed by atoms with van der Waals surface area (Å²) >= 11 is 1.38. The van der Waals surface area contributed by atoms with Gasteiger partial charge in [0.15, 0.2) is 0 Å². The average Bonchev–Trinajstić information content (AvgIpc) is 3.28. The number of hydrogen-bond donors (Lipinski definition) is 2. The predicted molar refractivity (Wildman–Crippen MR) is 88.1 cm³/mol. The predicted octanol–water partition coefficient (Wildman–Crippen LogP) is 3.36. The van der Waals surface area contributed by atoms with Crippen LogP contribution in [-0.2, 0) is 11.2 Å². The van der Waals surface area contributed by atoms with E-state index in [-0.39, 0.29) is 11.2 Å². The molecule has 6 heteroatoms. The second kappa shape index (κ2) is 6.52. The van der Waals surface area contributed by atoms with Gasteiger partial charge in [0.25, 0.3) is 0 Å². The highest BCUT2D eigenvalue weighted by molar-refractivity contribution is 8.00. The Bertz CT molecular complexity index is 648. The van der Waals surface area contributed by atoms with Crippen molar-refractivity contribution in [3.05, 3.63) is 35.7 Å². The van der Waals surface area contributed by atoms with E-state index in [0.29, 0.717) is 11.1 Å². The number of aromatic nitrogens is 3. The van der Waals surface area contributed by atoms with Crippen LogP contribution in [0.15, 0.2) is 29.4 Å². The van der Waals surface area contributed by atoms with Crippen LogP contribution in [0.2, 0.25) is 0 Å². The van der Waals surface area contributed by atoms with Crippen molar-refractivity contribution in [3.63, 3.8) is 0 Å². The van der Waals surface area contributed by atoms with Crippen LogP contribution in [0, 0.1) is 0 Å². The van der Waals surface area contributed by atoms with Crippen LogP contribution < -0.4 is 5.32 Å². The van der Waals surface area contributed by atoms with Gasteiger partial charge >= 0.3 is 0 Å². The van der Waals surface area contributed by atoms with Gasteiger partial charge < -0.3 is 5.32 Å². The van der Waals surface area contributed by atoms with Gasteiger partial charge in [0.05, 0.1) is 5.25 Å². The number of thioether (sulfide) groups is 1. The highest BCUT2D eigenvalue weighted by Crippen LogP contribution is 2.38. The van der Waals surface area contributed by atoms with Gasteiger partial charge in [0, 0.05) is 11.6 Å². The van der Waals surface area contributed by atoms with Crippen molar-refractivity contribution >= 4 is 23.4 Å².